The van der Waals surface area contributed by atoms with Crippen molar-refractivity contribution >= 4 is 5.91 Å². The van der Waals surface area contributed by atoms with E-state index in [-0.39, 0.29) is 18.9 Å². The van der Waals surface area contributed by atoms with E-state index in [2.05, 4.69) is 0 Å². The van der Waals surface area contributed by atoms with Gasteiger partial charge in [-0.05, 0) is 5.56 Å². The fraction of sp³-hybridized carbons (Fsp3) is 0.500. The number of carbonyl (C=O) groups excluding carboxylic acids is 1. The van der Waals surface area contributed by atoms with Gasteiger partial charge in [-0.15, -0.1) is 0 Å². The first-order valence-electron chi connectivity index (χ1n) is 6.51. The number of alkyl halides is 2. The number of amides is 1. The van der Waals surface area contributed by atoms with Gasteiger partial charge in [0.1, 0.15) is 6.61 Å². The van der Waals surface area contributed by atoms with Crippen LogP contribution in [-0.2, 0) is 16.1 Å². The Morgan fingerprint density at radius 2 is 2.00 bits per heavy atom. The van der Waals surface area contributed by atoms with Crippen LogP contribution in [0.15, 0.2) is 30.3 Å². The average molecular weight is 286 g/mol. The molecular weight excluding hydrogens is 266 g/mol. The second-order valence-electron chi connectivity index (χ2n) is 4.31. The van der Waals surface area contributed by atoms with Gasteiger partial charge in [0.15, 0.2) is 0 Å². The average Bonchev–Trinajstić information content (AvgIpc) is 2.44. The maximum Gasteiger partial charge on any atom is 0.261 e. The van der Waals surface area contributed by atoms with E-state index in [1.807, 2.05) is 30.3 Å². The number of carbonyl (C=O) groups is 1. The number of nitrogens with two attached hydrogens (primary N) is 1. The maximum atomic E-state index is 12.0. The quantitative estimate of drug-likeness (QED) is 0.702. The first-order valence-corrected chi connectivity index (χ1v) is 6.51. The summed E-state index contributed by atoms with van der Waals surface area (Å²) in [7, 11) is 0. The normalized spacial score (nSPS) is 10.8. The first-order chi connectivity index (χ1) is 9.63. The molecule has 4 nitrogen and oxygen atoms in total. The van der Waals surface area contributed by atoms with Crippen LogP contribution in [0.4, 0.5) is 8.78 Å². The maximum absolute atomic E-state index is 12.0. The molecule has 0 bridgehead atoms. The molecule has 0 aliphatic carbocycles. The second kappa shape index (κ2) is 9.39. The fourth-order valence-corrected chi connectivity index (χ4v) is 1.74. The summed E-state index contributed by atoms with van der Waals surface area (Å²) in [5.74, 6) is -0.145. The highest BCUT2D eigenvalue weighted by Gasteiger charge is 2.13. The molecule has 2 N–H and O–H groups in total. The van der Waals surface area contributed by atoms with E-state index >= 15 is 0 Å². The summed E-state index contributed by atoms with van der Waals surface area (Å²) < 4.78 is 28.5. The number of ether oxygens (including phenoxy) is 1. The number of halogens is 2. The number of nitrogens with zero attached hydrogens (tertiary/aromatic N) is 1. The van der Waals surface area contributed by atoms with Crippen LogP contribution in [0.2, 0.25) is 0 Å². The first kappa shape index (κ1) is 16.5. The van der Waals surface area contributed by atoms with Crippen LogP contribution in [0, 0.1) is 0 Å². The molecule has 20 heavy (non-hydrogen) atoms. The van der Waals surface area contributed by atoms with E-state index in [1.165, 1.54) is 0 Å². The molecule has 112 valence electrons. The minimum absolute atomic E-state index is 0.000958. The Balaban J connectivity index is 2.42. The number of benzene rings is 1. The lowest BCUT2D eigenvalue weighted by molar-refractivity contribution is -0.133. The zero-order valence-corrected chi connectivity index (χ0v) is 11.3. The summed E-state index contributed by atoms with van der Waals surface area (Å²) in [6.07, 6.45) is -2.42. The van der Waals surface area contributed by atoms with Crippen molar-refractivity contribution in [3.05, 3.63) is 35.9 Å². The minimum atomic E-state index is -2.51. The van der Waals surface area contributed by atoms with Crippen LogP contribution in [0.5, 0.6) is 0 Å². The summed E-state index contributed by atoms with van der Waals surface area (Å²) in [5, 5.41) is 0. The molecule has 0 saturated heterocycles. The molecule has 0 unspecified atom stereocenters. The Labute approximate surface area is 117 Å². The Bertz CT molecular complexity index is 388. The molecule has 0 aromatic heterocycles. The predicted octanol–water partition coefficient (Wildman–Crippen LogP) is 1.65. The molecule has 1 rings (SSSR count). The molecule has 1 aromatic carbocycles. The van der Waals surface area contributed by atoms with E-state index in [0.29, 0.717) is 19.6 Å². The van der Waals surface area contributed by atoms with Crippen molar-refractivity contribution in [3.63, 3.8) is 0 Å². The van der Waals surface area contributed by atoms with E-state index < -0.39 is 13.0 Å². The van der Waals surface area contributed by atoms with Gasteiger partial charge >= 0.3 is 0 Å². The van der Waals surface area contributed by atoms with Crippen molar-refractivity contribution in [1.82, 2.24) is 4.90 Å². The van der Waals surface area contributed by atoms with Crippen LogP contribution in [0.3, 0.4) is 0 Å². The third-order valence-corrected chi connectivity index (χ3v) is 2.67. The van der Waals surface area contributed by atoms with E-state index in [1.54, 1.807) is 4.90 Å². The van der Waals surface area contributed by atoms with Gasteiger partial charge in [-0.1, -0.05) is 30.3 Å². The Kier molecular flexibility index (Phi) is 7.75. The molecule has 0 aliphatic heterocycles. The zero-order valence-electron chi connectivity index (χ0n) is 11.3. The predicted molar refractivity (Wildman–Crippen MR) is 72.4 cm³/mol. The Hall–Kier alpha value is -1.53. The minimum Gasteiger partial charge on any atom is -0.375 e. The van der Waals surface area contributed by atoms with Gasteiger partial charge in [0.25, 0.3) is 6.43 Å². The molecule has 0 heterocycles. The van der Waals surface area contributed by atoms with Crippen LogP contribution >= 0.6 is 0 Å². The molecule has 0 saturated carbocycles. The van der Waals surface area contributed by atoms with Crippen molar-refractivity contribution in [2.24, 2.45) is 5.73 Å². The largest absolute Gasteiger partial charge is 0.375 e. The van der Waals surface area contributed by atoms with Crippen LogP contribution in [0.25, 0.3) is 0 Å². The molecule has 0 fully saturated rings. The number of hydrogen-bond donors (Lipinski definition) is 1. The summed E-state index contributed by atoms with van der Waals surface area (Å²) in [6, 6.07) is 9.53. The Morgan fingerprint density at radius 1 is 1.30 bits per heavy atom. The topological polar surface area (TPSA) is 55.6 Å². The van der Waals surface area contributed by atoms with Crippen LogP contribution in [0.1, 0.15) is 12.0 Å². The molecule has 0 radical (unpaired) electrons. The molecular formula is C14H20F2N2O2. The van der Waals surface area contributed by atoms with Gasteiger partial charge in [0, 0.05) is 19.6 Å². The van der Waals surface area contributed by atoms with Gasteiger partial charge in [-0.25, -0.2) is 8.78 Å². The fourth-order valence-electron chi connectivity index (χ4n) is 1.74. The highest BCUT2D eigenvalue weighted by molar-refractivity contribution is 5.76. The SMILES string of the molecule is NCCN(Cc1ccccc1)C(=O)CCOCC(F)F. The lowest BCUT2D eigenvalue weighted by atomic mass is 10.2. The van der Waals surface area contributed by atoms with Gasteiger partial charge in [0.05, 0.1) is 13.0 Å². The highest BCUT2D eigenvalue weighted by Crippen LogP contribution is 2.06. The monoisotopic (exact) mass is 286 g/mol. The molecule has 6 heteroatoms. The number of hydrogen-bond acceptors (Lipinski definition) is 3. The van der Waals surface area contributed by atoms with Crippen molar-refractivity contribution in [2.75, 3.05) is 26.3 Å². The van der Waals surface area contributed by atoms with Gasteiger partial charge in [-0.3, -0.25) is 4.79 Å². The van der Waals surface area contributed by atoms with Crippen LogP contribution < -0.4 is 5.73 Å². The molecule has 0 atom stereocenters. The third-order valence-electron chi connectivity index (χ3n) is 2.67. The van der Waals surface area contributed by atoms with Gasteiger partial charge in [0.2, 0.25) is 5.91 Å². The van der Waals surface area contributed by atoms with Crippen molar-refractivity contribution < 1.29 is 18.3 Å². The molecule has 1 aromatic rings. The standard InChI is InChI=1S/C14H20F2N2O2/c15-13(16)11-20-9-6-14(19)18(8-7-17)10-12-4-2-1-3-5-12/h1-5,13H,6-11,17H2. The summed E-state index contributed by atoms with van der Waals surface area (Å²) in [4.78, 5) is 13.6. The van der Waals surface area contributed by atoms with E-state index in [4.69, 9.17) is 10.5 Å². The molecule has 0 spiro atoms. The number of rotatable bonds is 9. The molecule has 0 aliphatic rings. The summed E-state index contributed by atoms with van der Waals surface area (Å²) >= 11 is 0. The van der Waals surface area contributed by atoms with Gasteiger partial charge < -0.3 is 15.4 Å². The summed E-state index contributed by atoms with van der Waals surface area (Å²) in [6.45, 7) is 0.618. The highest BCUT2D eigenvalue weighted by atomic mass is 19.3. The second-order valence-corrected chi connectivity index (χ2v) is 4.31. The lowest BCUT2D eigenvalue weighted by Crippen LogP contribution is -2.35. The lowest BCUT2D eigenvalue weighted by Gasteiger charge is -2.22. The Morgan fingerprint density at radius 3 is 2.60 bits per heavy atom. The third kappa shape index (κ3) is 6.58. The van der Waals surface area contributed by atoms with E-state index in [0.717, 1.165) is 5.56 Å². The smallest absolute Gasteiger partial charge is 0.261 e. The van der Waals surface area contributed by atoms with Crippen molar-refractivity contribution in [2.45, 2.75) is 19.4 Å². The summed E-state index contributed by atoms with van der Waals surface area (Å²) in [5.41, 5.74) is 6.49. The van der Waals surface area contributed by atoms with Crippen molar-refractivity contribution in [3.8, 4) is 0 Å². The van der Waals surface area contributed by atoms with Gasteiger partial charge in [-0.2, -0.15) is 0 Å². The van der Waals surface area contributed by atoms with Crippen molar-refractivity contribution in [1.29, 1.82) is 0 Å². The zero-order chi connectivity index (χ0) is 14.8. The van der Waals surface area contributed by atoms with E-state index in [9.17, 15) is 13.6 Å². The molecule has 1 amide bonds. The van der Waals surface area contributed by atoms with Crippen LogP contribution in [-0.4, -0.2) is 43.5 Å².